The summed E-state index contributed by atoms with van der Waals surface area (Å²) in [4.78, 5) is 41.6. The predicted octanol–water partition coefficient (Wildman–Crippen LogP) is 7.11. The molecule has 1 aliphatic heterocycles. The summed E-state index contributed by atoms with van der Waals surface area (Å²) in [6.07, 6.45) is 0.488. The molecule has 0 aliphatic carbocycles. The lowest BCUT2D eigenvalue weighted by molar-refractivity contribution is -0.268. The highest BCUT2D eigenvalue weighted by atomic mass is 32.2. The summed E-state index contributed by atoms with van der Waals surface area (Å²) in [7, 11) is 1.30. The van der Waals surface area contributed by atoms with Crippen LogP contribution >= 0.6 is 11.8 Å². The molecule has 1 aliphatic rings. The van der Waals surface area contributed by atoms with Gasteiger partial charge in [0.05, 0.1) is 31.5 Å². The number of carboxylic acid groups (broad SMARTS) is 1. The average Bonchev–Trinajstić information content (AvgIpc) is 3.22. The summed E-state index contributed by atoms with van der Waals surface area (Å²) in [5.74, 6) is -1.22. The van der Waals surface area contributed by atoms with Crippen molar-refractivity contribution in [3.63, 3.8) is 0 Å². The van der Waals surface area contributed by atoms with Crippen LogP contribution in [0.4, 0.5) is 4.79 Å². The lowest BCUT2D eigenvalue weighted by atomic mass is 9.91. The van der Waals surface area contributed by atoms with E-state index in [1.807, 2.05) is 103 Å². The Hall–Kier alpha value is -5.53. The first-order valence-corrected chi connectivity index (χ1v) is 18.9. The molecule has 1 fully saturated rings. The number of nitrogens with one attached hydrogen (secondary N) is 2. The van der Waals surface area contributed by atoms with Crippen molar-refractivity contribution in [3.8, 4) is 11.1 Å². The van der Waals surface area contributed by atoms with E-state index in [0.29, 0.717) is 17.2 Å². The summed E-state index contributed by atoms with van der Waals surface area (Å²) in [6, 6.07) is 34.5. The van der Waals surface area contributed by atoms with Crippen LogP contribution in [-0.2, 0) is 38.6 Å². The third-order valence-corrected chi connectivity index (χ3v) is 10.6. The van der Waals surface area contributed by atoms with Crippen LogP contribution < -0.4 is 10.6 Å². The zero-order chi connectivity index (χ0) is 38.7. The third-order valence-electron chi connectivity index (χ3n) is 9.53. The standard InChI is InChI=1S/C43H43N3O8S/c1-27-37(26-55-39-35(40(48)49)13-8-22-44-39)53-42(54-38(27)31-16-14-29(25-47)15-17-31)32-20-18-30(19-21-32)34-12-7-6-11-33(34)24-45-43(51)46-36(41(50)52-2)23-28-9-4-3-5-10-28/h3-22,27,36-38,42,47H,23-26H2,1-2H3,(H,48,49)(H2,45,46,51)/t27-,36+,37+,38+,42+/m1/s1. The lowest BCUT2D eigenvalue weighted by Crippen LogP contribution is -2.47. The summed E-state index contributed by atoms with van der Waals surface area (Å²) in [5, 5.41) is 25.4. The van der Waals surface area contributed by atoms with E-state index in [4.69, 9.17) is 14.2 Å². The van der Waals surface area contributed by atoms with E-state index in [0.717, 1.165) is 38.9 Å². The molecule has 12 heteroatoms. The molecule has 5 atom stereocenters. The van der Waals surface area contributed by atoms with Gasteiger partial charge in [0.1, 0.15) is 11.1 Å². The Morgan fingerprint density at radius 2 is 1.56 bits per heavy atom. The SMILES string of the molecule is COC(=O)[C@H](Cc1ccccc1)NC(=O)NCc1ccccc1-c1ccc([C@H]2O[C@@H](CSc3ncccc3C(=O)O)[C@@H](C)[C@@H](c3ccc(CO)cc3)O2)cc1. The largest absolute Gasteiger partial charge is 0.478 e. The molecular weight excluding hydrogens is 719 g/mol. The molecule has 0 saturated carbocycles. The van der Waals surface area contributed by atoms with Crippen molar-refractivity contribution in [1.82, 2.24) is 15.6 Å². The van der Waals surface area contributed by atoms with Gasteiger partial charge in [-0.3, -0.25) is 0 Å². The highest BCUT2D eigenvalue weighted by molar-refractivity contribution is 7.99. The van der Waals surface area contributed by atoms with Gasteiger partial charge in [-0.1, -0.05) is 110 Å². The maximum atomic E-state index is 13.0. The number of methoxy groups -OCH3 is 1. The van der Waals surface area contributed by atoms with Gasteiger partial charge in [0.2, 0.25) is 0 Å². The number of urea groups is 1. The minimum Gasteiger partial charge on any atom is -0.478 e. The number of hydrogen-bond donors (Lipinski definition) is 4. The minimum absolute atomic E-state index is 0.0638. The quantitative estimate of drug-likeness (QED) is 0.0680. The number of carbonyl (C=O) groups is 3. The van der Waals surface area contributed by atoms with E-state index in [9.17, 15) is 24.6 Å². The highest BCUT2D eigenvalue weighted by Gasteiger charge is 2.38. The molecule has 2 heterocycles. The second-order valence-electron chi connectivity index (χ2n) is 13.2. The van der Waals surface area contributed by atoms with Crippen molar-refractivity contribution in [2.24, 2.45) is 5.92 Å². The van der Waals surface area contributed by atoms with Crippen LogP contribution in [0.15, 0.2) is 126 Å². The fourth-order valence-corrected chi connectivity index (χ4v) is 7.64. The molecule has 1 saturated heterocycles. The Labute approximate surface area is 324 Å². The van der Waals surface area contributed by atoms with Crippen LogP contribution in [0.2, 0.25) is 0 Å². The second-order valence-corrected chi connectivity index (χ2v) is 14.2. The number of rotatable bonds is 14. The van der Waals surface area contributed by atoms with Gasteiger partial charge in [0, 0.05) is 36.4 Å². The van der Waals surface area contributed by atoms with E-state index in [-0.39, 0.29) is 36.8 Å². The Kier molecular flexibility index (Phi) is 13.3. The molecule has 55 heavy (non-hydrogen) atoms. The van der Waals surface area contributed by atoms with Crippen molar-refractivity contribution in [1.29, 1.82) is 0 Å². The van der Waals surface area contributed by atoms with E-state index < -0.39 is 30.3 Å². The number of nitrogens with zero attached hydrogens (tertiary/aromatic N) is 1. The number of hydrogen-bond acceptors (Lipinski definition) is 9. The zero-order valence-corrected chi connectivity index (χ0v) is 31.3. The molecule has 0 radical (unpaired) electrons. The molecule has 0 spiro atoms. The second kappa shape index (κ2) is 18.7. The number of carboxylic acids is 1. The average molecular weight is 762 g/mol. The monoisotopic (exact) mass is 761 g/mol. The Morgan fingerprint density at radius 1 is 0.855 bits per heavy atom. The molecule has 0 unspecified atom stereocenters. The molecule has 11 nitrogen and oxygen atoms in total. The van der Waals surface area contributed by atoms with Crippen molar-refractivity contribution in [2.75, 3.05) is 12.9 Å². The first-order chi connectivity index (χ1) is 26.7. The zero-order valence-electron chi connectivity index (χ0n) is 30.5. The number of aromatic nitrogens is 1. The summed E-state index contributed by atoms with van der Waals surface area (Å²) >= 11 is 1.34. The van der Waals surface area contributed by atoms with Crippen LogP contribution in [0.3, 0.4) is 0 Å². The molecule has 5 aromatic rings. The first kappa shape index (κ1) is 39.2. The maximum Gasteiger partial charge on any atom is 0.338 e. The smallest absolute Gasteiger partial charge is 0.338 e. The van der Waals surface area contributed by atoms with Gasteiger partial charge in [0.25, 0.3) is 0 Å². The normalized spacial score (nSPS) is 18.5. The Bertz CT molecular complexity index is 2060. The van der Waals surface area contributed by atoms with Crippen molar-refractivity contribution >= 4 is 29.7 Å². The Balaban J connectivity index is 1.17. The van der Waals surface area contributed by atoms with Gasteiger partial charge in [-0.15, -0.1) is 11.8 Å². The molecule has 284 valence electrons. The van der Waals surface area contributed by atoms with E-state index >= 15 is 0 Å². The summed E-state index contributed by atoms with van der Waals surface area (Å²) < 4.78 is 18.2. The van der Waals surface area contributed by atoms with Crippen LogP contribution in [0.25, 0.3) is 11.1 Å². The van der Waals surface area contributed by atoms with Crippen LogP contribution in [-0.4, -0.2) is 58.2 Å². The van der Waals surface area contributed by atoms with Crippen molar-refractivity contribution < 1.29 is 38.8 Å². The van der Waals surface area contributed by atoms with Crippen LogP contribution in [0, 0.1) is 5.92 Å². The van der Waals surface area contributed by atoms with Gasteiger partial charge in [-0.05, 0) is 45.5 Å². The fourth-order valence-electron chi connectivity index (χ4n) is 6.49. The van der Waals surface area contributed by atoms with E-state index in [1.165, 1.54) is 18.9 Å². The summed E-state index contributed by atoms with van der Waals surface area (Å²) in [5.41, 5.74) is 6.28. The number of benzene rings is 4. The molecule has 4 aromatic carbocycles. The van der Waals surface area contributed by atoms with Gasteiger partial charge in [0.15, 0.2) is 6.29 Å². The number of aliphatic hydroxyl groups excluding tert-OH is 1. The van der Waals surface area contributed by atoms with Gasteiger partial charge < -0.3 is 35.1 Å². The number of ether oxygens (including phenoxy) is 3. The van der Waals surface area contributed by atoms with Crippen molar-refractivity contribution in [3.05, 3.63) is 155 Å². The van der Waals surface area contributed by atoms with E-state index in [2.05, 4.69) is 22.5 Å². The predicted molar refractivity (Wildman–Crippen MR) is 208 cm³/mol. The fraction of sp³-hybridized carbons (Fsp3) is 0.256. The van der Waals surface area contributed by atoms with Gasteiger partial charge in [-0.2, -0.15) is 0 Å². The molecule has 0 bridgehead atoms. The minimum atomic E-state index is -1.04. The first-order valence-electron chi connectivity index (χ1n) is 17.9. The molecule has 1 aromatic heterocycles. The molecular formula is C43H43N3O8S. The Morgan fingerprint density at radius 3 is 2.27 bits per heavy atom. The van der Waals surface area contributed by atoms with E-state index in [1.54, 1.807) is 18.3 Å². The number of esters is 1. The summed E-state index contributed by atoms with van der Waals surface area (Å²) in [6.45, 7) is 2.20. The molecule has 2 amide bonds. The van der Waals surface area contributed by atoms with Crippen molar-refractivity contribution in [2.45, 2.75) is 56.1 Å². The van der Waals surface area contributed by atoms with Crippen LogP contribution in [0.1, 0.15) is 57.5 Å². The highest BCUT2D eigenvalue weighted by Crippen LogP contribution is 2.43. The molecule has 6 rings (SSSR count). The number of thioether (sulfide) groups is 1. The number of carbonyl (C=O) groups excluding carboxylic acids is 2. The number of pyridine rings is 1. The number of amides is 2. The van der Waals surface area contributed by atoms with Crippen LogP contribution in [0.5, 0.6) is 0 Å². The topological polar surface area (TPSA) is 156 Å². The maximum absolute atomic E-state index is 13.0. The lowest BCUT2D eigenvalue weighted by Gasteiger charge is -2.41. The van der Waals surface area contributed by atoms with Gasteiger partial charge in [-0.25, -0.2) is 19.4 Å². The number of aromatic carboxylic acids is 1. The van der Waals surface area contributed by atoms with Gasteiger partial charge >= 0.3 is 18.0 Å². The third kappa shape index (κ3) is 9.97. The molecule has 4 N–H and O–H groups in total. The number of aliphatic hydroxyl groups is 1.